The molecule has 13 heavy (non-hydrogen) atoms. The molecule has 0 aromatic carbocycles. The maximum atomic E-state index is 11.1. The number of aliphatic carboxylic acids is 3. The number of carbonyl (C=O) groups is 3. The van der Waals surface area contributed by atoms with Crippen LogP contribution in [0.3, 0.4) is 0 Å². The summed E-state index contributed by atoms with van der Waals surface area (Å²) < 4.78 is 48.0. The lowest BCUT2D eigenvalue weighted by molar-refractivity contribution is -0.170. The van der Waals surface area contributed by atoms with Gasteiger partial charge in [0.2, 0.25) is 1.43 Å². The topological polar surface area (TPSA) is 132 Å². The predicted molar refractivity (Wildman–Crippen MR) is 37.1 cm³/mol. The summed E-state index contributed by atoms with van der Waals surface area (Å²) in [6.07, 6.45) is -7.92. The summed E-state index contributed by atoms with van der Waals surface area (Å²) in [6.45, 7) is 0. The zero-order chi connectivity index (χ0) is 16.4. The van der Waals surface area contributed by atoms with Gasteiger partial charge in [-0.3, -0.25) is 9.59 Å². The molecule has 0 spiro atoms. The molecule has 0 saturated carbocycles. The Balaban J connectivity index is 6.35. The fourth-order valence-corrected chi connectivity index (χ4v) is 0.426. The van der Waals surface area contributed by atoms with E-state index < -0.39 is 36.3 Å². The highest BCUT2D eigenvalue weighted by Crippen LogP contribution is 2.15. The third-order valence-electron chi connectivity index (χ3n) is 0.857. The molecule has 0 radical (unpaired) electrons. The first kappa shape index (κ1) is 4.05. The van der Waals surface area contributed by atoms with Gasteiger partial charge in [0.15, 0.2) is 5.60 Å². The van der Waals surface area contributed by atoms with Crippen molar-refractivity contribution < 1.29 is 40.3 Å². The molecule has 0 bridgehead atoms. The Morgan fingerprint density at radius 1 is 1.23 bits per heavy atom. The van der Waals surface area contributed by atoms with E-state index in [-0.39, 0.29) is 0 Å². The van der Waals surface area contributed by atoms with E-state index in [0.717, 1.165) is 0 Å². The first-order valence-corrected chi connectivity index (χ1v) is 2.70. The van der Waals surface area contributed by atoms with E-state index in [2.05, 4.69) is 15.3 Å². The molecule has 4 N–H and O–H groups in total. The number of carboxylic acids is 3. The number of hydrogen-bond acceptors (Lipinski definition) is 6. The van der Waals surface area contributed by atoms with Crippen molar-refractivity contribution in [2.75, 3.05) is 0 Å². The molecule has 0 amide bonds. The van der Waals surface area contributed by atoms with E-state index in [1.54, 1.807) is 0 Å². The highest BCUT2D eigenvalue weighted by molar-refractivity contribution is 5.88. The quantitative estimate of drug-likeness (QED) is 0.420. The Hall–Kier alpha value is -1.63. The van der Waals surface area contributed by atoms with Gasteiger partial charge >= 0.3 is 17.9 Å². The van der Waals surface area contributed by atoms with Crippen molar-refractivity contribution in [2.45, 2.75) is 18.3 Å². The Morgan fingerprint density at radius 2 is 1.69 bits per heavy atom. The molecule has 0 aromatic rings. The average molecular weight is 199 g/mol. The number of carboxylic acid groups (broad SMARTS) is 3. The number of rotatable bonds is 6. The van der Waals surface area contributed by atoms with Crippen LogP contribution in [0, 0.1) is 0 Å². The molecule has 0 atom stereocenters. The zero-order valence-electron chi connectivity index (χ0n) is 12.9. The molecular weight excluding hydrogens is 184 g/mol. The molecule has 0 saturated heterocycles. The fraction of sp³-hybridized carbons (Fsp3) is 0.500. The van der Waals surface area contributed by atoms with Crippen LogP contribution < -0.4 is 0 Å². The maximum Gasteiger partial charge on any atom is 0.336 e. The van der Waals surface area contributed by atoms with Gasteiger partial charge in [-0.2, -0.15) is 0 Å². The van der Waals surface area contributed by atoms with E-state index in [1.165, 1.54) is 0 Å². The standard InChI is InChI=1S/C6H8O7/c7-3(8)1-6(13,5(11)12)2-4(9)10/h13H,1-2H2,(H,7,8)(H,9,10)(H,11,12)/i1D2,2D2,13D/hD2. The number of aliphatic hydroxyl groups is 1. The van der Waals surface area contributed by atoms with Crippen LogP contribution in [-0.2, 0) is 14.4 Å². The second kappa shape index (κ2) is 3.85. The van der Waals surface area contributed by atoms with Crippen molar-refractivity contribution in [3.05, 3.63) is 0 Å². The van der Waals surface area contributed by atoms with E-state index in [4.69, 9.17) is 14.9 Å². The molecule has 0 aliphatic carbocycles. The third kappa shape index (κ3) is 3.52. The van der Waals surface area contributed by atoms with E-state index >= 15 is 0 Å². The first-order valence-electron chi connectivity index (χ1n) is 5.92. The minimum absolute atomic E-state index is 2.23. The monoisotopic (exact) mass is 199 g/mol. The zero-order valence-corrected chi connectivity index (χ0v) is 5.90. The summed E-state index contributed by atoms with van der Waals surface area (Å²) in [5, 5.41) is 18.9. The van der Waals surface area contributed by atoms with Crippen molar-refractivity contribution in [1.29, 1.82) is 4.29 Å². The van der Waals surface area contributed by atoms with Gasteiger partial charge in [0, 0.05) is 5.48 Å². The molecule has 0 aliphatic heterocycles. The lowest BCUT2D eigenvalue weighted by Crippen LogP contribution is -2.42. The van der Waals surface area contributed by atoms with Gasteiger partial charge < -0.3 is 20.4 Å². The Bertz CT molecular complexity index is 394. The first-order chi connectivity index (χ1) is 8.97. The maximum absolute atomic E-state index is 11.1. The van der Waals surface area contributed by atoms with Gasteiger partial charge in [0.1, 0.15) is 0 Å². The largest absolute Gasteiger partial charge is 0.481 e. The lowest BCUT2D eigenvalue weighted by atomic mass is 9.96. The second-order valence-electron chi connectivity index (χ2n) is 1.81. The second-order valence-corrected chi connectivity index (χ2v) is 1.81. The van der Waals surface area contributed by atoms with Crippen LogP contribution in [0.25, 0.3) is 2.86 Å². The Labute approximate surface area is 82.3 Å². The van der Waals surface area contributed by atoms with Crippen molar-refractivity contribution in [2.24, 2.45) is 0 Å². The van der Waals surface area contributed by atoms with Crippen LogP contribution in [0.2, 0.25) is 0 Å². The van der Waals surface area contributed by atoms with Crippen molar-refractivity contribution in [1.82, 2.24) is 0 Å². The molecule has 0 unspecified atom stereocenters. The average Bonchev–Trinajstić information content (AvgIpc) is 2.36. The van der Waals surface area contributed by atoms with Crippen molar-refractivity contribution >= 4 is 17.9 Å². The van der Waals surface area contributed by atoms with Crippen LogP contribution in [0.4, 0.5) is 0 Å². The molecule has 0 aromatic heterocycles. The Morgan fingerprint density at radius 3 is 1.92 bits per heavy atom. The molecule has 74 valence electrons. The SMILES string of the molecule is [2H]OC(=O)C([2H])([2H])C(O[2H])(C(=O)O)C([2H])([2H])C(=O)O[2H]. The molecule has 0 rings (SSSR count). The molecular formula is C6H8O7. The van der Waals surface area contributed by atoms with Gasteiger partial charge in [-0.15, -0.1) is 0 Å². The highest BCUT2D eigenvalue weighted by atomic mass is 16.4. The van der Waals surface area contributed by atoms with Crippen LogP contribution in [0.5, 0.6) is 0 Å². The summed E-state index contributed by atoms with van der Waals surface area (Å²) in [5.41, 5.74) is -4.06. The third-order valence-corrected chi connectivity index (χ3v) is 0.857. The van der Waals surface area contributed by atoms with Crippen LogP contribution in [0.15, 0.2) is 0 Å². The van der Waals surface area contributed by atoms with E-state index in [1.807, 2.05) is 0 Å². The smallest absolute Gasteiger partial charge is 0.336 e. The molecule has 7 nitrogen and oxygen atoms in total. The molecule has 7 heteroatoms. The summed E-state index contributed by atoms with van der Waals surface area (Å²) >= 11 is 0. The van der Waals surface area contributed by atoms with Gasteiger partial charge in [-0.25, -0.2) is 4.79 Å². The predicted octanol–water partition coefficient (Wildman–Crippen LogP) is -1.25. The highest BCUT2D eigenvalue weighted by Gasteiger charge is 2.40. The van der Waals surface area contributed by atoms with Gasteiger partial charge in [0.05, 0.1) is 12.7 Å². The molecule has 0 fully saturated rings. The van der Waals surface area contributed by atoms with Gasteiger partial charge in [0.25, 0.3) is 2.86 Å². The molecule has 0 aliphatic rings. The van der Waals surface area contributed by atoms with Crippen LogP contribution >= 0.6 is 0 Å². The minimum atomic E-state index is -4.06. The number of hydrogen-bond donors (Lipinski definition) is 4. The molecule has 0 heterocycles. The summed E-state index contributed by atoms with van der Waals surface area (Å²) in [5.74, 6) is -7.01. The van der Waals surface area contributed by atoms with E-state index in [0.29, 0.717) is 0 Å². The van der Waals surface area contributed by atoms with Crippen molar-refractivity contribution in [3.8, 4) is 0 Å². The normalized spacial score (nSPS) is 20.2. The van der Waals surface area contributed by atoms with Crippen LogP contribution in [0.1, 0.15) is 18.2 Å². The summed E-state index contributed by atoms with van der Waals surface area (Å²) in [4.78, 5) is 33.4. The summed E-state index contributed by atoms with van der Waals surface area (Å²) in [6, 6.07) is 0. The fourth-order valence-electron chi connectivity index (χ4n) is 0.426. The Kier molecular flexibility index (Phi) is 1.20. The van der Waals surface area contributed by atoms with Gasteiger partial charge in [-0.05, 0) is 0 Å². The lowest BCUT2D eigenvalue weighted by Gasteiger charge is -2.18. The summed E-state index contributed by atoms with van der Waals surface area (Å²) in [7, 11) is 0. The van der Waals surface area contributed by atoms with Gasteiger partial charge in [-0.1, -0.05) is 0 Å². The van der Waals surface area contributed by atoms with Crippen molar-refractivity contribution in [3.63, 3.8) is 0 Å². The van der Waals surface area contributed by atoms with E-state index in [9.17, 15) is 14.4 Å². The van der Waals surface area contributed by atoms with Crippen LogP contribution in [-0.4, -0.2) is 45.4 Å². The minimum Gasteiger partial charge on any atom is -0.481 e.